The minimum Gasteiger partial charge on any atom is -0.354 e. The Morgan fingerprint density at radius 2 is 1.80 bits per heavy atom. The van der Waals surface area contributed by atoms with Crippen LogP contribution in [0.1, 0.15) is 46.5 Å². The molecule has 1 amide bonds. The van der Waals surface area contributed by atoms with Crippen LogP contribution in [-0.2, 0) is 4.79 Å². The maximum absolute atomic E-state index is 12.5. The third-order valence-corrected chi connectivity index (χ3v) is 5.62. The zero-order valence-corrected chi connectivity index (χ0v) is 18.3. The van der Waals surface area contributed by atoms with Gasteiger partial charge in [0.1, 0.15) is 0 Å². The van der Waals surface area contributed by atoms with Gasteiger partial charge in [0.25, 0.3) is 0 Å². The van der Waals surface area contributed by atoms with Crippen molar-refractivity contribution in [2.45, 2.75) is 58.0 Å². The predicted molar refractivity (Wildman–Crippen MR) is 112 cm³/mol. The van der Waals surface area contributed by atoms with Crippen LogP contribution in [0.15, 0.2) is 0 Å². The average molecular weight is 420 g/mol. The molecular weight excluding hydrogens is 383 g/mol. The highest BCUT2D eigenvalue weighted by Crippen LogP contribution is 2.31. The van der Waals surface area contributed by atoms with E-state index in [9.17, 15) is 4.79 Å². The SMILES string of the molecule is CCN1CCN(C(C)CNC(=O)C2CCCCC2(C)N)CC1.Cl.Cl.Cl. The van der Waals surface area contributed by atoms with Crippen molar-refractivity contribution in [1.82, 2.24) is 15.1 Å². The lowest BCUT2D eigenvalue weighted by molar-refractivity contribution is -0.128. The Balaban J connectivity index is 0. The first-order chi connectivity index (χ1) is 10.4. The van der Waals surface area contributed by atoms with E-state index >= 15 is 0 Å². The van der Waals surface area contributed by atoms with Gasteiger partial charge in [0.2, 0.25) is 5.91 Å². The van der Waals surface area contributed by atoms with E-state index in [0.717, 1.165) is 65.0 Å². The van der Waals surface area contributed by atoms with Crippen molar-refractivity contribution >= 4 is 43.1 Å². The summed E-state index contributed by atoms with van der Waals surface area (Å²) in [4.78, 5) is 17.4. The van der Waals surface area contributed by atoms with Gasteiger partial charge in [-0.3, -0.25) is 9.69 Å². The number of amides is 1. The van der Waals surface area contributed by atoms with Gasteiger partial charge < -0.3 is 16.0 Å². The number of piperazine rings is 1. The van der Waals surface area contributed by atoms with E-state index in [1.807, 2.05) is 6.92 Å². The fraction of sp³-hybridized carbons (Fsp3) is 0.941. The Hall–Kier alpha value is 0.220. The van der Waals surface area contributed by atoms with Crippen LogP contribution in [0.2, 0.25) is 0 Å². The second kappa shape index (κ2) is 12.6. The van der Waals surface area contributed by atoms with Crippen LogP contribution < -0.4 is 11.1 Å². The fourth-order valence-corrected chi connectivity index (χ4v) is 3.81. The lowest BCUT2D eigenvalue weighted by Crippen LogP contribution is -2.55. The standard InChI is InChI=1S/C17H34N4O.3ClH/c1-4-20-9-11-21(12-10-20)14(2)13-19-16(22)15-7-5-6-8-17(15,3)18;;;/h14-15H,4-13,18H2,1-3H3,(H,19,22);3*1H. The Labute approximate surface area is 172 Å². The van der Waals surface area contributed by atoms with Crippen LogP contribution >= 0.6 is 37.2 Å². The molecule has 1 aliphatic carbocycles. The molecule has 0 spiro atoms. The molecule has 0 aromatic carbocycles. The van der Waals surface area contributed by atoms with Crippen molar-refractivity contribution in [3.8, 4) is 0 Å². The van der Waals surface area contributed by atoms with Gasteiger partial charge in [0, 0.05) is 44.3 Å². The summed E-state index contributed by atoms with van der Waals surface area (Å²) in [5.74, 6) is 0.133. The molecule has 25 heavy (non-hydrogen) atoms. The molecule has 3 atom stereocenters. The third-order valence-electron chi connectivity index (χ3n) is 5.62. The van der Waals surface area contributed by atoms with E-state index in [2.05, 4.69) is 29.0 Å². The molecule has 1 heterocycles. The molecule has 3 unspecified atom stereocenters. The molecule has 2 aliphatic rings. The fourth-order valence-electron chi connectivity index (χ4n) is 3.81. The molecule has 0 aromatic rings. The van der Waals surface area contributed by atoms with E-state index < -0.39 is 0 Å². The van der Waals surface area contributed by atoms with Gasteiger partial charge in [-0.1, -0.05) is 19.8 Å². The van der Waals surface area contributed by atoms with Gasteiger partial charge in [-0.2, -0.15) is 0 Å². The normalized spacial score (nSPS) is 28.7. The van der Waals surface area contributed by atoms with Gasteiger partial charge in [0.05, 0.1) is 5.92 Å². The number of rotatable bonds is 5. The monoisotopic (exact) mass is 418 g/mol. The maximum Gasteiger partial charge on any atom is 0.225 e. The summed E-state index contributed by atoms with van der Waals surface area (Å²) in [7, 11) is 0. The number of nitrogens with two attached hydrogens (primary N) is 1. The molecule has 1 saturated heterocycles. The Morgan fingerprint density at radius 1 is 1.20 bits per heavy atom. The van der Waals surface area contributed by atoms with Crippen molar-refractivity contribution in [2.75, 3.05) is 39.3 Å². The first-order valence-corrected chi connectivity index (χ1v) is 8.97. The van der Waals surface area contributed by atoms with Gasteiger partial charge in [-0.25, -0.2) is 0 Å². The molecule has 0 radical (unpaired) electrons. The summed E-state index contributed by atoms with van der Waals surface area (Å²) in [5.41, 5.74) is 5.99. The number of carbonyl (C=O) groups is 1. The summed E-state index contributed by atoms with van der Waals surface area (Å²) in [6.07, 6.45) is 4.16. The van der Waals surface area contributed by atoms with E-state index in [1.54, 1.807) is 0 Å². The second-order valence-electron chi connectivity index (χ2n) is 7.37. The molecule has 5 nitrogen and oxygen atoms in total. The van der Waals surface area contributed by atoms with Crippen LogP contribution in [0.3, 0.4) is 0 Å². The van der Waals surface area contributed by atoms with Crippen LogP contribution in [0, 0.1) is 5.92 Å². The van der Waals surface area contributed by atoms with Crippen LogP contribution in [0.25, 0.3) is 0 Å². The summed E-state index contributed by atoms with van der Waals surface area (Å²) < 4.78 is 0. The highest BCUT2D eigenvalue weighted by molar-refractivity contribution is 5.86. The molecule has 152 valence electrons. The van der Waals surface area contributed by atoms with Crippen molar-refractivity contribution in [1.29, 1.82) is 0 Å². The van der Waals surface area contributed by atoms with E-state index in [4.69, 9.17) is 5.73 Å². The van der Waals surface area contributed by atoms with Crippen molar-refractivity contribution < 1.29 is 4.79 Å². The second-order valence-corrected chi connectivity index (χ2v) is 7.37. The molecule has 0 bridgehead atoms. The van der Waals surface area contributed by atoms with Gasteiger partial charge in [-0.05, 0) is 33.2 Å². The molecule has 8 heteroatoms. The topological polar surface area (TPSA) is 61.6 Å². The Kier molecular flexibility index (Phi) is 13.8. The first-order valence-electron chi connectivity index (χ1n) is 8.97. The largest absolute Gasteiger partial charge is 0.354 e. The predicted octanol–water partition coefficient (Wildman–Crippen LogP) is 2.30. The molecule has 2 fully saturated rings. The zero-order valence-electron chi connectivity index (χ0n) is 15.8. The molecule has 0 aromatic heterocycles. The number of hydrogen-bond donors (Lipinski definition) is 2. The van der Waals surface area contributed by atoms with Crippen molar-refractivity contribution in [3.63, 3.8) is 0 Å². The van der Waals surface area contributed by atoms with E-state index in [0.29, 0.717) is 6.04 Å². The summed E-state index contributed by atoms with van der Waals surface area (Å²) in [5, 5.41) is 3.16. The molecule has 1 aliphatic heterocycles. The lowest BCUT2D eigenvalue weighted by Gasteiger charge is -2.39. The first kappa shape index (κ1) is 27.4. The minimum atomic E-state index is -0.335. The van der Waals surface area contributed by atoms with Crippen LogP contribution in [0.4, 0.5) is 0 Å². The van der Waals surface area contributed by atoms with Crippen LogP contribution in [-0.4, -0.2) is 66.6 Å². The summed E-state index contributed by atoms with van der Waals surface area (Å²) >= 11 is 0. The third kappa shape index (κ3) is 7.77. The number of likely N-dealkylation sites (N-methyl/N-ethyl adjacent to an activating group) is 1. The Morgan fingerprint density at radius 3 is 2.32 bits per heavy atom. The zero-order chi connectivity index (χ0) is 16.2. The lowest BCUT2D eigenvalue weighted by atomic mass is 9.74. The summed E-state index contributed by atoms with van der Waals surface area (Å²) in [6, 6.07) is 0.399. The van der Waals surface area contributed by atoms with Crippen LogP contribution in [0.5, 0.6) is 0 Å². The van der Waals surface area contributed by atoms with Crippen molar-refractivity contribution in [2.24, 2.45) is 11.7 Å². The number of hydrogen-bond acceptors (Lipinski definition) is 4. The minimum absolute atomic E-state index is 0. The van der Waals surface area contributed by atoms with Gasteiger partial charge in [-0.15, -0.1) is 37.2 Å². The number of carbonyl (C=O) groups excluding carboxylic acids is 1. The molecule has 3 N–H and O–H groups in total. The molecule has 2 rings (SSSR count). The smallest absolute Gasteiger partial charge is 0.225 e. The van der Waals surface area contributed by atoms with Crippen molar-refractivity contribution in [3.05, 3.63) is 0 Å². The highest BCUT2D eigenvalue weighted by atomic mass is 35.5. The van der Waals surface area contributed by atoms with Gasteiger partial charge in [0.15, 0.2) is 0 Å². The van der Waals surface area contributed by atoms with E-state index in [1.165, 1.54) is 0 Å². The number of nitrogens with zero attached hydrogens (tertiary/aromatic N) is 2. The number of nitrogens with one attached hydrogen (secondary N) is 1. The maximum atomic E-state index is 12.5. The van der Waals surface area contributed by atoms with E-state index in [-0.39, 0.29) is 54.6 Å². The highest BCUT2D eigenvalue weighted by Gasteiger charge is 2.37. The summed E-state index contributed by atoms with van der Waals surface area (Å²) in [6.45, 7) is 12.8. The van der Waals surface area contributed by atoms with Gasteiger partial charge >= 0.3 is 0 Å². The number of halogens is 3. The molecular formula is C17H37Cl3N4O. The Bertz CT molecular complexity index is 377. The average Bonchev–Trinajstić information content (AvgIpc) is 2.52. The molecule has 1 saturated carbocycles. The quantitative estimate of drug-likeness (QED) is 0.718.